The quantitative estimate of drug-likeness (QED) is 0.689. The molecule has 0 unspecified atom stereocenters. The third-order valence-electron chi connectivity index (χ3n) is 2.66. The van der Waals surface area contributed by atoms with Crippen LogP contribution in [0.1, 0.15) is 11.1 Å². The molecule has 0 saturated carbocycles. The van der Waals surface area contributed by atoms with Crippen molar-refractivity contribution >= 4 is 27.3 Å². The summed E-state index contributed by atoms with van der Waals surface area (Å²) >= 11 is 3.35. The van der Waals surface area contributed by atoms with Crippen LogP contribution in [-0.4, -0.2) is 9.91 Å². The predicted molar refractivity (Wildman–Crippen MR) is 77.1 cm³/mol. The molecule has 1 heterocycles. The van der Waals surface area contributed by atoms with E-state index in [0.717, 1.165) is 15.7 Å². The topological polar surface area (TPSA) is 68.1 Å². The number of nitrogens with zero attached hydrogens (tertiary/aromatic N) is 2. The lowest BCUT2D eigenvalue weighted by Crippen LogP contribution is -2.01. The van der Waals surface area contributed by atoms with Gasteiger partial charge in [0.2, 0.25) is 0 Å². The van der Waals surface area contributed by atoms with Crippen molar-refractivity contribution in [3.8, 4) is 0 Å². The number of hydrogen-bond donors (Lipinski definition) is 1. The van der Waals surface area contributed by atoms with Crippen LogP contribution in [0, 0.1) is 17.0 Å². The maximum absolute atomic E-state index is 10.9. The normalized spacial score (nSPS) is 10.2. The molecule has 2 rings (SSSR count). The number of nitro groups is 1. The van der Waals surface area contributed by atoms with Crippen molar-refractivity contribution in [1.29, 1.82) is 0 Å². The lowest BCUT2D eigenvalue weighted by molar-refractivity contribution is -0.385. The molecule has 0 aliphatic rings. The molecule has 0 radical (unpaired) electrons. The van der Waals surface area contributed by atoms with Gasteiger partial charge in [-0.05, 0) is 40.5 Å². The van der Waals surface area contributed by atoms with Crippen LogP contribution in [0.25, 0.3) is 0 Å². The molecule has 1 aromatic heterocycles. The Kier molecular flexibility index (Phi) is 4.11. The number of benzene rings is 1. The van der Waals surface area contributed by atoms with Crippen molar-refractivity contribution in [3.63, 3.8) is 0 Å². The molecule has 0 fully saturated rings. The fourth-order valence-electron chi connectivity index (χ4n) is 1.67. The molecule has 0 atom stereocenters. The van der Waals surface area contributed by atoms with Gasteiger partial charge in [0.1, 0.15) is 0 Å². The Hall–Kier alpha value is -1.95. The summed E-state index contributed by atoms with van der Waals surface area (Å²) in [6, 6.07) is 7.05. The Labute approximate surface area is 119 Å². The molecule has 19 heavy (non-hydrogen) atoms. The monoisotopic (exact) mass is 321 g/mol. The van der Waals surface area contributed by atoms with E-state index in [4.69, 9.17) is 0 Å². The van der Waals surface area contributed by atoms with Gasteiger partial charge in [0.15, 0.2) is 0 Å². The summed E-state index contributed by atoms with van der Waals surface area (Å²) in [5.41, 5.74) is 2.49. The van der Waals surface area contributed by atoms with Gasteiger partial charge in [-0.2, -0.15) is 0 Å². The maximum atomic E-state index is 10.9. The lowest BCUT2D eigenvalue weighted by Gasteiger charge is -2.07. The van der Waals surface area contributed by atoms with Crippen molar-refractivity contribution < 1.29 is 4.92 Å². The number of pyridine rings is 1. The van der Waals surface area contributed by atoms with Gasteiger partial charge < -0.3 is 5.32 Å². The average molecular weight is 322 g/mol. The number of hydrogen-bond acceptors (Lipinski definition) is 4. The van der Waals surface area contributed by atoms with E-state index < -0.39 is 0 Å². The molecule has 6 heteroatoms. The molecule has 2 aromatic rings. The fourth-order valence-corrected chi connectivity index (χ4v) is 2.08. The zero-order valence-corrected chi connectivity index (χ0v) is 11.8. The van der Waals surface area contributed by atoms with Gasteiger partial charge in [-0.1, -0.05) is 6.07 Å². The number of aryl methyl sites for hydroxylation is 1. The minimum absolute atomic E-state index is 0.123. The first kappa shape index (κ1) is 13.5. The molecule has 98 valence electrons. The Balaban J connectivity index is 2.12. The molecule has 0 amide bonds. The van der Waals surface area contributed by atoms with Crippen LogP contribution in [0.2, 0.25) is 0 Å². The molecule has 0 saturated heterocycles. The van der Waals surface area contributed by atoms with E-state index >= 15 is 0 Å². The zero-order valence-electron chi connectivity index (χ0n) is 10.3. The largest absolute Gasteiger partial charge is 0.381 e. The smallest absolute Gasteiger partial charge is 0.274 e. The van der Waals surface area contributed by atoms with Gasteiger partial charge in [0, 0.05) is 40.7 Å². The van der Waals surface area contributed by atoms with Gasteiger partial charge in [-0.15, -0.1) is 0 Å². The van der Waals surface area contributed by atoms with Crippen LogP contribution in [0.15, 0.2) is 41.1 Å². The molecule has 0 aliphatic heterocycles. The summed E-state index contributed by atoms with van der Waals surface area (Å²) in [5.74, 6) is 0. The van der Waals surface area contributed by atoms with Crippen LogP contribution in [0.3, 0.4) is 0 Å². The first-order chi connectivity index (χ1) is 9.06. The van der Waals surface area contributed by atoms with Crippen molar-refractivity contribution in [3.05, 3.63) is 62.4 Å². The minimum atomic E-state index is -0.374. The Morgan fingerprint density at radius 1 is 1.37 bits per heavy atom. The summed E-state index contributed by atoms with van der Waals surface area (Å²) in [4.78, 5) is 14.5. The number of rotatable bonds is 4. The van der Waals surface area contributed by atoms with Crippen molar-refractivity contribution in [2.24, 2.45) is 0 Å². The molecule has 0 bridgehead atoms. The highest BCUT2D eigenvalue weighted by Crippen LogP contribution is 2.22. The maximum Gasteiger partial charge on any atom is 0.274 e. The first-order valence-electron chi connectivity index (χ1n) is 5.64. The van der Waals surface area contributed by atoms with E-state index in [1.54, 1.807) is 31.5 Å². The van der Waals surface area contributed by atoms with Gasteiger partial charge in [0.25, 0.3) is 5.69 Å². The van der Waals surface area contributed by atoms with E-state index in [-0.39, 0.29) is 10.6 Å². The van der Waals surface area contributed by atoms with Gasteiger partial charge in [-0.25, -0.2) is 0 Å². The number of halogens is 1. The number of anilines is 1. The van der Waals surface area contributed by atoms with Gasteiger partial charge in [-0.3, -0.25) is 15.1 Å². The highest BCUT2D eigenvalue weighted by atomic mass is 79.9. The Bertz CT molecular complexity index is 617. The SMILES string of the molecule is Cc1ccc(NCc2cncc(Br)c2)cc1[N+](=O)[O-]. The Morgan fingerprint density at radius 2 is 2.16 bits per heavy atom. The summed E-state index contributed by atoms with van der Waals surface area (Å²) in [7, 11) is 0. The standard InChI is InChI=1S/C13H12BrN3O2/c1-9-2-3-12(5-13(9)17(18)19)16-7-10-4-11(14)8-15-6-10/h2-6,8,16H,7H2,1H3. The van der Waals surface area contributed by atoms with Gasteiger partial charge in [0.05, 0.1) is 4.92 Å². The Morgan fingerprint density at radius 3 is 2.84 bits per heavy atom. The number of nitrogens with one attached hydrogen (secondary N) is 1. The van der Waals surface area contributed by atoms with E-state index in [1.807, 2.05) is 12.1 Å². The number of nitro benzene ring substituents is 1. The van der Waals surface area contributed by atoms with E-state index in [1.165, 1.54) is 0 Å². The second kappa shape index (κ2) is 5.79. The third kappa shape index (κ3) is 3.51. The number of aromatic nitrogens is 1. The van der Waals surface area contributed by atoms with Crippen LogP contribution in [0.4, 0.5) is 11.4 Å². The first-order valence-corrected chi connectivity index (χ1v) is 6.44. The molecular weight excluding hydrogens is 310 g/mol. The highest BCUT2D eigenvalue weighted by Gasteiger charge is 2.10. The average Bonchev–Trinajstić information content (AvgIpc) is 2.37. The zero-order chi connectivity index (χ0) is 13.8. The molecule has 1 N–H and O–H groups in total. The summed E-state index contributed by atoms with van der Waals surface area (Å²) in [6.07, 6.45) is 3.46. The molecule has 0 spiro atoms. The van der Waals surface area contributed by atoms with Crippen LogP contribution in [-0.2, 0) is 6.54 Å². The second-order valence-electron chi connectivity index (χ2n) is 4.12. The minimum Gasteiger partial charge on any atom is -0.381 e. The molecule has 5 nitrogen and oxygen atoms in total. The van der Waals surface area contributed by atoms with Crippen molar-refractivity contribution in [2.75, 3.05) is 5.32 Å². The third-order valence-corrected chi connectivity index (χ3v) is 3.10. The predicted octanol–water partition coefficient (Wildman–Crippen LogP) is 3.67. The van der Waals surface area contributed by atoms with Crippen LogP contribution < -0.4 is 5.32 Å². The molecule has 0 aliphatic carbocycles. The highest BCUT2D eigenvalue weighted by molar-refractivity contribution is 9.10. The summed E-state index contributed by atoms with van der Waals surface area (Å²) < 4.78 is 0.904. The van der Waals surface area contributed by atoms with Crippen LogP contribution in [0.5, 0.6) is 0 Å². The van der Waals surface area contributed by atoms with Gasteiger partial charge >= 0.3 is 0 Å². The van der Waals surface area contributed by atoms with E-state index in [0.29, 0.717) is 12.1 Å². The molecular formula is C13H12BrN3O2. The van der Waals surface area contributed by atoms with E-state index in [2.05, 4.69) is 26.2 Å². The van der Waals surface area contributed by atoms with Crippen molar-refractivity contribution in [1.82, 2.24) is 4.98 Å². The summed E-state index contributed by atoms with van der Waals surface area (Å²) in [5, 5.41) is 14.0. The lowest BCUT2D eigenvalue weighted by atomic mass is 10.2. The fraction of sp³-hybridized carbons (Fsp3) is 0.154. The summed E-state index contributed by atoms with van der Waals surface area (Å²) in [6.45, 7) is 2.28. The van der Waals surface area contributed by atoms with Crippen LogP contribution >= 0.6 is 15.9 Å². The second-order valence-corrected chi connectivity index (χ2v) is 5.04. The molecule has 1 aromatic carbocycles. The van der Waals surface area contributed by atoms with Crippen molar-refractivity contribution in [2.45, 2.75) is 13.5 Å². The van der Waals surface area contributed by atoms with E-state index in [9.17, 15) is 10.1 Å².